The number of fused-ring (bicyclic) bond motifs is 1. The van der Waals surface area contributed by atoms with Crippen LogP contribution in [0.5, 0.6) is 5.75 Å². The van der Waals surface area contributed by atoms with Crippen LogP contribution in [0.2, 0.25) is 0 Å². The van der Waals surface area contributed by atoms with E-state index in [0.29, 0.717) is 29.2 Å². The molecular formula is C18H17N3O2. The second-order valence-electron chi connectivity index (χ2n) is 6.01. The zero-order valence-corrected chi connectivity index (χ0v) is 13.0. The third kappa shape index (κ3) is 2.59. The number of nitrogens with zero attached hydrogens (tertiary/aromatic N) is 2. The molecule has 1 heterocycles. The van der Waals surface area contributed by atoms with Gasteiger partial charge in [-0.2, -0.15) is 5.26 Å². The highest BCUT2D eigenvalue weighted by atomic mass is 16.5. The second-order valence-corrected chi connectivity index (χ2v) is 6.01. The normalized spacial score (nSPS) is 15.5. The number of carbonyl (C=O) groups excluding carboxylic acids is 1. The van der Waals surface area contributed by atoms with Gasteiger partial charge in [0.25, 0.3) is 5.91 Å². The summed E-state index contributed by atoms with van der Waals surface area (Å²) in [7, 11) is 0. The highest BCUT2D eigenvalue weighted by Gasteiger charge is 2.41. The number of rotatable bonds is 2. The van der Waals surface area contributed by atoms with Crippen LogP contribution in [0.4, 0.5) is 11.4 Å². The predicted molar refractivity (Wildman–Crippen MR) is 87.9 cm³/mol. The number of hydrogen-bond donors (Lipinski definition) is 1. The van der Waals surface area contributed by atoms with Gasteiger partial charge in [0, 0.05) is 0 Å². The van der Waals surface area contributed by atoms with Gasteiger partial charge in [-0.3, -0.25) is 9.69 Å². The van der Waals surface area contributed by atoms with Gasteiger partial charge in [-0.1, -0.05) is 18.2 Å². The molecule has 0 saturated heterocycles. The lowest BCUT2D eigenvalue weighted by atomic mass is 10.0. The van der Waals surface area contributed by atoms with Crippen molar-refractivity contribution in [2.75, 3.05) is 10.6 Å². The Morgan fingerprint density at radius 3 is 2.57 bits per heavy atom. The number of nitriles is 1. The SMILES string of the molecule is CC1(C)Oc2cccc(N)c2N(Cc2ccc(C#N)cc2)C1=O. The number of nitrogen functional groups attached to an aromatic ring is 1. The number of nitrogens with two attached hydrogens (primary N) is 1. The molecule has 5 nitrogen and oxygen atoms in total. The van der Waals surface area contributed by atoms with Gasteiger partial charge in [0.2, 0.25) is 0 Å². The first-order valence-electron chi connectivity index (χ1n) is 7.31. The maximum absolute atomic E-state index is 12.8. The smallest absolute Gasteiger partial charge is 0.271 e. The molecule has 0 aromatic heterocycles. The Morgan fingerprint density at radius 1 is 1.22 bits per heavy atom. The lowest BCUT2D eigenvalue weighted by molar-refractivity contribution is -0.132. The molecule has 1 amide bonds. The first-order valence-corrected chi connectivity index (χ1v) is 7.31. The van der Waals surface area contributed by atoms with Crippen molar-refractivity contribution in [2.24, 2.45) is 0 Å². The molecular weight excluding hydrogens is 290 g/mol. The molecule has 0 bridgehead atoms. The zero-order valence-electron chi connectivity index (χ0n) is 13.0. The summed E-state index contributed by atoms with van der Waals surface area (Å²) in [5.74, 6) is 0.454. The van der Waals surface area contributed by atoms with E-state index in [1.165, 1.54) is 0 Å². The highest BCUT2D eigenvalue weighted by molar-refractivity contribution is 6.04. The van der Waals surface area contributed by atoms with Crippen molar-refractivity contribution >= 4 is 17.3 Å². The van der Waals surface area contributed by atoms with Crippen LogP contribution in [0.3, 0.4) is 0 Å². The molecule has 0 fully saturated rings. The molecule has 0 atom stereocenters. The second kappa shape index (κ2) is 5.33. The summed E-state index contributed by atoms with van der Waals surface area (Å²) in [5.41, 5.74) is 7.72. The van der Waals surface area contributed by atoms with Crippen LogP contribution in [-0.4, -0.2) is 11.5 Å². The van der Waals surface area contributed by atoms with Crippen LogP contribution in [0, 0.1) is 11.3 Å². The van der Waals surface area contributed by atoms with E-state index in [9.17, 15) is 4.79 Å². The third-order valence-corrected chi connectivity index (χ3v) is 3.85. The molecule has 0 spiro atoms. The molecule has 1 aliphatic rings. The first kappa shape index (κ1) is 14.9. The summed E-state index contributed by atoms with van der Waals surface area (Å²) < 4.78 is 5.80. The van der Waals surface area contributed by atoms with E-state index in [1.807, 2.05) is 18.2 Å². The topological polar surface area (TPSA) is 79.3 Å². The van der Waals surface area contributed by atoms with Crippen molar-refractivity contribution in [3.05, 3.63) is 53.6 Å². The van der Waals surface area contributed by atoms with Gasteiger partial charge in [-0.25, -0.2) is 0 Å². The molecule has 2 aromatic rings. The monoisotopic (exact) mass is 307 g/mol. The number of amides is 1. The quantitative estimate of drug-likeness (QED) is 0.865. The average molecular weight is 307 g/mol. The van der Waals surface area contributed by atoms with Gasteiger partial charge >= 0.3 is 0 Å². The minimum atomic E-state index is -0.951. The van der Waals surface area contributed by atoms with Gasteiger partial charge < -0.3 is 10.5 Å². The van der Waals surface area contributed by atoms with Gasteiger partial charge in [-0.05, 0) is 43.7 Å². The van der Waals surface area contributed by atoms with Crippen molar-refractivity contribution in [1.82, 2.24) is 0 Å². The van der Waals surface area contributed by atoms with Crippen molar-refractivity contribution in [2.45, 2.75) is 26.0 Å². The fraction of sp³-hybridized carbons (Fsp3) is 0.222. The Hall–Kier alpha value is -3.00. The Kier molecular flexibility index (Phi) is 3.45. The number of benzene rings is 2. The van der Waals surface area contributed by atoms with Gasteiger partial charge in [0.15, 0.2) is 5.60 Å². The third-order valence-electron chi connectivity index (χ3n) is 3.85. The number of anilines is 2. The summed E-state index contributed by atoms with van der Waals surface area (Å²) in [6, 6.07) is 14.6. The lowest BCUT2D eigenvalue weighted by Crippen LogP contribution is -2.52. The minimum absolute atomic E-state index is 0.146. The van der Waals surface area contributed by atoms with Crippen molar-refractivity contribution in [3.63, 3.8) is 0 Å². The van der Waals surface area contributed by atoms with Crippen LogP contribution < -0.4 is 15.4 Å². The van der Waals surface area contributed by atoms with E-state index >= 15 is 0 Å². The zero-order chi connectivity index (χ0) is 16.6. The standard InChI is InChI=1S/C18H17N3O2/c1-18(2)17(22)21(11-13-8-6-12(10-19)7-9-13)16-14(20)4-3-5-15(16)23-18/h3-9H,11,20H2,1-2H3. The van der Waals surface area contributed by atoms with Crippen LogP contribution in [0.25, 0.3) is 0 Å². The molecule has 23 heavy (non-hydrogen) atoms. The fourth-order valence-electron chi connectivity index (χ4n) is 2.67. The lowest BCUT2D eigenvalue weighted by Gasteiger charge is -2.39. The Labute approximate surface area is 134 Å². The molecule has 0 radical (unpaired) electrons. The first-order chi connectivity index (χ1) is 10.9. The van der Waals surface area contributed by atoms with E-state index in [-0.39, 0.29) is 5.91 Å². The molecule has 1 aliphatic heterocycles. The van der Waals surface area contributed by atoms with E-state index in [1.54, 1.807) is 43.0 Å². The van der Waals surface area contributed by atoms with E-state index < -0.39 is 5.60 Å². The maximum Gasteiger partial charge on any atom is 0.271 e. The summed E-state index contributed by atoms with van der Waals surface area (Å²) in [4.78, 5) is 14.4. The molecule has 2 N–H and O–H groups in total. The molecule has 0 saturated carbocycles. The molecule has 0 aliphatic carbocycles. The molecule has 3 rings (SSSR count). The number of para-hydroxylation sites is 1. The van der Waals surface area contributed by atoms with Crippen LogP contribution in [0.15, 0.2) is 42.5 Å². The Balaban J connectivity index is 2.02. The van der Waals surface area contributed by atoms with Crippen molar-refractivity contribution < 1.29 is 9.53 Å². The van der Waals surface area contributed by atoms with Crippen LogP contribution in [-0.2, 0) is 11.3 Å². The van der Waals surface area contributed by atoms with Crippen molar-refractivity contribution in [1.29, 1.82) is 5.26 Å². The van der Waals surface area contributed by atoms with Crippen molar-refractivity contribution in [3.8, 4) is 11.8 Å². The minimum Gasteiger partial charge on any atom is -0.476 e. The van der Waals surface area contributed by atoms with Crippen LogP contribution in [0.1, 0.15) is 25.0 Å². The van der Waals surface area contributed by atoms with Crippen LogP contribution >= 0.6 is 0 Å². The summed E-state index contributed by atoms with van der Waals surface area (Å²) >= 11 is 0. The molecule has 5 heteroatoms. The average Bonchev–Trinajstić information content (AvgIpc) is 2.52. The summed E-state index contributed by atoms with van der Waals surface area (Å²) in [6.07, 6.45) is 0. The molecule has 2 aromatic carbocycles. The van der Waals surface area contributed by atoms with Gasteiger partial charge in [0.1, 0.15) is 11.4 Å². The Bertz CT molecular complexity index is 804. The summed E-state index contributed by atoms with van der Waals surface area (Å²) in [5, 5.41) is 8.88. The maximum atomic E-state index is 12.8. The number of carbonyl (C=O) groups is 1. The highest BCUT2D eigenvalue weighted by Crippen LogP contribution is 2.42. The van der Waals surface area contributed by atoms with E-state index in [0.717, 1.165) is 5.56 Å². The fourth-order valence-corrected chi connectivity index (χ4v) is 2.67. The molecule has 0 unspecified atom stereocenters. The largest absolute Gasteiger partial charge is 0.476 e. The van der Waals surface area contributed by atoms with Gasteiger partial charge in [-0.15, -0.1) is 0 Å². The Morgan fingerprint density at radius 2 is 1.91 bits per heavy atom. The predicted octanol–water partition coefficient (Wildman–Crippen LogP) is 2.84. The van der Waals surface area contributed by atoms with E-state index in [2.05, 4.69) is 6.07 Å². The molecule has 116 valence electrons. The summed E-state index contributed by atoms with van der Waals surface area (Å²) in [6.45, 7) is 3.86. The number of ether oxygens (including phenoxy) is 1. The van der Waals surface area contributed by atoms with Gasteiger partial charge in [0.05, 0.1) is 23.9 Å². The number of hydrogen-bond acceptors (Lipinski definition) is 4. The van der Waals surface area contributed by atoms with E-state index in [4.69, 9.17) is 15.7 Å².